The minimum atomic E-state index is -0.956. The lowest BCUT2D eigenvalue weighted by Gasteiger charge is -2.23. The molecule has 8 heteroatoms. The second-order valence-electron chi connectivity index (χ2n) is 6.79. The largest absolute Gasteiger partial charge is 0.383 e. The fraction of sp³-hybridized carbons (Fsp3) is 0.429. The van der Waals surface area contributed by atoms with Crippen LogP contribution < -0.4 is 16.0 Å². The van der Waals surface area contributed by atoms with Gasteiger partial charge < -0.3 is 21.1 Å². The van der Waals surface area contributed by atoms with Crippen LogP contribution in [0.25, 0.3) is 0 Å². The van der Waals surface area contributed by atoms with Crippen LogP contribution in [-0.4, -0.2) is 30.1 Å². The zero-order chi connectivity index (χ0) is 20.4. The van der Waals surface area contributed by atoms with Crippen molar-refractivity contribution in [3.63, 3.8) is 0 Å². The van der Waals surface area contributed by atoms with Gasteiger partial charge in [0.1, 0.15) is 5.60 Å². The van der Waals surface area contributed by atoms with Gasteiger partial charge in [0.15, 0.2) is 5.96 Å². The highest BCUT2D eigenvalue weighted by Crippen LogP contribution is 2.24. The first-order valence-electron chi connectivity index (χ1n) is 9.62. The van der Waals surface area contributed by atoms with E-state index in [9.17, 15) is 9.90 Å². The zero-order valence-electron chi connectivity index (χ0n) is 17.2. The topological polar surface area (TPSA) is 85.8 Å². The van der Waals surface area contributed by atoms with Gasteiger partial charge in [-0.1, -0.05) is 25.1 Å². The summed E-state index contributed by atoms with van der Waals surface area (Å²) in [6, 6.07) is 11.5. The van der Waals surface area contributed by atoms with Crippen LogP contribution in [0.15, 0.2) is 46.8 Å². The van der Waals surface area contributed by atoms with Crippen molar-refractivity contribution in [1.29, 1.82) is 0 Å². The van der Waals surface area contributed by atoms with Crippen molar-refractivity contribution in [2.75, 3.05) is 18.4 Å². The monoisotopic (exact) mass is 530 g/mol. The van der Waals surface area contributed by atoms with Gasteiger partial charge in [0.05, 0.1) is 13.1 Å². The second kappa shape index (κ2) is 12.8. The van der Waals surface area contributed by atoms with Gasteiger partial charge in [-0.2, -0.15) is 0 Å². The van der Waals surface area contributed by atoms with Gasteiger partial charge in [0.2, 0.25) is 5.91 Å². The van der Waals surface area contributed by atoms with E-state index >= 15 is 0 Å². The van der Waals surface area contributed by atoms with Crippen LogP contribution in [0.3, 0.4) is 0 Å². The Balaban J connectivity index is 0.00000420. The Labute approximate surface area is 194 Å². The number of guanidine groups is 1. The van der Waals surface area contributed by atoms with Gasteiger partial charge in [-0.05, 0) is 49.4 Å². The zero-order valence-corrected chi connectivity index (χ0v) is 20.3. The summed E-state index contributed by atoms with van der Waals surface area (Å²) < 4.78 is 0. The first kappa shape index (κ1) is 25.4. The standard InChI is InChI=1S/C21H30N4O2S.HI/c1-4-7-19(26)25-17-11-9-16(10-12-17)14-23-20(22-5-2)24-15-21(3,27)18-8-6-13-28-18;/h6,8-13,27H,4-5,7,14-15H2,1-3H3,(H,25,26)(H2,22,23,24);1H. The fourth-order valence-corrected chi connectivity index (χ4v) is 3.37. The lowest BCUT2D eigenvalue weighted by molar-refractivity contribution is -0.116. The average molecular weight is 530 g/mol. The van der Waals surface area contributed by atoms with Gasteiger partial charge in [-0.3, -0.25) is 4.79 Å². The molecular weight excluding hydrogens is 499 g/mol. The van der Waals surface area contributed by atoms with E-state index in [1.165, 1.54) is 11.3 Å². The molecule has 0 aliphatic rings. The molecule has 0 radical (unpaired) electrons. The van der Waals surface area contributed by atoms with Crippen molar-refractivity contribution < 1.29 is 9.90 Å². The van der Waals surface area contributed by atoms with Crippen LogP contribution in [0.4, 0.5) is 5.69 Å². The maximum absolute atomic E-state index is 11.7. The molecule has 1 aromatic heterocycles. The van der Waals surface area contributed by atoms with E-state index in [0.29, 0.717) is 25.5 Å². The molecular formula is C21H31IN4O2S. The molecule has 1 amide bonds. The first-order valence-corrected chi connectivity index (χ1v) is 10.5. The molecule has 0 aliphatic heterocycles. The van der Waals surface area contributed by atoms with Gasteiger partial charge in [-0.25, -0.2) is 4.99 Å². The second-order valence-corrected chi connectivity index (χ2v) is 7.74. The van der Waals surface area contributed by atoms with E-state index in [2.05, 4.69) is 20.9 Å². The third-order valence-corrected chi connectivity index (χ3v) is 5.25. The molecule has 1 heterocycles. The van der Waals surface area contributed by atoms with E-state index < -0.39 is 5.60 Å². The minimum absolute atomic E-state index is 0. The summed E-state index contributed by atoms with van der Waals surface area (Å²) in [4.78, 5) is 17.2. The van der Waals surface area contributed by atoms with Crippen molar-refractivity contribution in [3.05, 3.63) is 52.2 Å². The SMILES string of the molecule is CCCC(=O)Nc1ccc(CN=C(NCC)NCC(C)(O)c2cccs2)cc1.I. The van der Waals surface area contributed by atoms with Crippen molar-refractivity contribution >= 4 is 52.9 Å². The summed E-state index contributed by atoms with van der Waals surface area (Å²) in [5.41, 5.74) is 0.877. The Hall–Kier alpha value is -1.65. The van der Waals surface area contributed by atoms with E-state index in [1.807, 2.05) is 55.6 Å². The summed E-state index contributed by atoms with van der Waals surface area (Å²) in [7, 11) is 0. The number of aliphatic imine (C=N–C) groups is 1. The van der Waals surface area contributed by atoms with Crippen LogP contribution in [0.1, 0.15) is 44.1 Å². The molecule has 6 nitrogen and oxygen atoms in total. The normalized spacial score (nSPS) is 13.2. The molecule has 1 unspecified atom stereocenters. The number of hydrogen-bond donors (Lipinski definition) is 4. The number of rotatable bonds is 9. The molecule has 29 heavy (non-hydrogen) atoms. The summed E-state index contributed by atoms with van der Waals surface area (Å²) in [5.74, 6) is 0.685. The van der Waals surface area contributed by atoms with Gasteiger partial charge in [0, 0.05) is 23.5 Å². The predicted molar refractivity (Wildman–Crippen MR) is 132 cm³/mol. The Bertz CT molecular complexity index is 761. The smallest absolute Gasteiger partial charge is 0.224 e. The third kappa shape index (κ3) is 8.71. The summed E-state index contributed by atoms with van der Waals surface area (Å²) in [5, 5.41) is 21.9. The molecule has 0 spiro atoms. The molecule has 0 fully saturated rings. The average Bonchev–Trinajstić information content (AvgIpc) is 3.21. The van der Waals surface area contributed by atoms with Crippen molar-refractivity contribution in [2.24, 2.45) is 4.99 Å². The number of benzene rings is 1. The summed E-state index contributed by atoms with van der Waals surface area (Å²) in [6.07, 6.45) is 1.36. The number of aliphatic hydroxyl groups is 1. The molecule has 2 rings (SSSR count). The molecule has 0 bridgehead atoms. The number of carbonyl (C=O) groups is 1. The molecule has 1 aromatic carbocycles. The summed E-state index contributed by atoms with van der Waals surface area (Å²) in [6.45, 7) is 7.37. The lowest BCUT2D eigenvalue weighted by atomic mass is 10.1. The van der Waals surface area contributed by atoms with E-state index in [-0.39, 0.29) is 29.9 Å². The van der Waals surface area contributed by atoms with Crippen LogP contribution in [-0.2, 0) is 16.9 Å². The number of hydrogen-bond acceptors (Lipinski definition) is 4. The van der Waals surface area contributed by atoms with Crippen LogP contribution in [0, 0.1) is 0 Å². The number of nitrogens with one attached hydrogen (secondary N) is 3. The Morgan fingerprint density at radius 1 is 1.17 bits per heavy atom. The third-order valence-electron chi connectivity index (χ3n) is 4.13. The Morgan fingerprint density at radius 2 is 1.90 bits per heavy atom. The Kier molecular flexibility index (Phi) is 11.2. The van der Waals surface area contributed by atoms with Crippen molar-refractivity contribution in [1.82, 2.24) is 10.6 Å². The van der Waals surface area contributed by atoms with Crippen LogP contribution >= 0.6 is 35.3 Å². The number of thiophene rings is 1. The van der Waals surface area contributed by atoms with Crippen molar-refractivity contribution in [2.45, 2.75) is 45.8 Å². The van der Waals surface area contributed by atoms with Crippen LogP contribution in [0.5, 0.6) is 0 Å². The molecule has 0 aliphatic carbocycles. The lowest BCUT2D eigenvalue weighted by Crippen LogP contribution is -2.44. The first-order chi connectivity index (χ1) is 13.4. The molecule has 4 N–H and O–H groups in total. The van der Waals surface area contributed by atoms with Gasteiger partial charge in [-0.15, -0.1) is 35.3 Å². The van der Waals surface area contributed by atoms with Crippen LogP contribution in [0.2, 0.25) is 0 Å². The molecule has 1 atom stereocenters. The summed E-state index contributed by atoms with van der Waals surface area (Å²) >= 11 is 1.53. The number of nitrogens with zero attached hydrogens (tertiary/aromatic N) is 1. The predicted octanol–water partition coefficient (Wildman–Crippen LogP) is 4.07. The number of amides is 1. The van der Waals surface area contributed by atoms with Crippen molar-refractivity contribution in [3.8, 4) is 0 Å². The quantitative estimate of drug-likeness (QED) is 0.224. The maximum Gasteiger partial charge on any atom is 0.224 e. The highest BCUT2D eigenvalue weighted by atomic mass is 127. The van der Waals surface area contributed by atoms with Gasteiger partial charge >= 0.3 is 0 Å². The van der Waals surface area contributed by atoms with Gasteiger partial charge in [0.25, 0.3) is 0 Å². The maximum atomic E-state index is 11.7. The highest BCUT2D eigenvalue weighted by Gasteiger charge is 2.24. The highest BCUT2D eigenvalue weighted by molar-refractivity contribution is 14.0. The van der Waals surface area contributed by atoms with E-state index in [4.69, 9.17) is 0 Å². The number of anilines is 1. The number of halogens is 1. The molecule has 2 aromatic rings. The van der Waals surface area contributed by atoms with E-state index in [0.717, 1.165) is 29.1 Å². The number of carbonyl (C=O) groups excluding carboxylic acids is 1. The molecule has 160 valence electrons. The molecule has 0 saturated carbocycles. The molecule has 0 saturated heterocycles. The van der Waals surface area contributed by atoms with E-state index in [1.54, 1.807) is 6.92 Å². The fourth-order valence-electron chi connectivity index (χ4n) is 2.58. The minimum Gasteiger partial charge on any atom is -0.383 e. The Morgan fingerprint density at radius 3 is 2.48 bits per heavy atom.